The molecule has 0 amide bonds. The third kappa shape index (κ3) is 4.75. The van der Waals surface area contributed by atoms with Crippen LogP contribution in [0.15, 0.2) is 49.3 Å². The van der Waals surface area contributed by atoms with Crippen LogP contribution in [-0.4, -0.2) is 58.8 Å². The van der Waals surface area contributed by atoms with Gasteiger partial charge in [0, 0.05) is 48.3 Å². The highest BCUT2D eigenvalue weighted by atomic mass is 32.2. The fourth-order valence-corrected chi connectivity index (χ4v) is 7.00. The molecule has 1 N–H and O–H groups in total. The van der Waals surface area contributed by atoms with Crippen molar-refractivity contribution in [2.45, 2.75) is 70.4 Å². The zero-order valence-electron chi connectivity index (χ0n) is 23.8. The molecule has 1 saturated heterocycles. The SMILES string of the molecule is Cc1cnn(C2CCCCO2)c1-c1cn(C(C)C)c2cc(Nc3ccnc(-c4cnn(S(=O)(=O)C5CC5)c4)n3)ncc12. The zero-order valence-corrected chi connectivity index (χ0v) is 24.6. The second-order valence-corrected chi connectivity index (χ2v) is 13.4. The molecule has 5 aromatic heterocycles. The molecule has 6 heterocycles. The van der Waals surface area contributed by atoms with Crippen molar-refractivity contribution in [2.24, 2.45) is 0 Å². The Morgan fingerprint density at radius 3 is 2.64 bits per heavy atom. The summed E-state index contributed by atoms with van der Waals surface area (Å²) in [5.74, 6) is 1.54. The summed E-state index contributed by atoms with van der Waals surface area (Å²) >= 11 is 0. The molecule has 5 aromatic rings. The monoisotopic (exact) mass is 587 g/mol. The van der Waals surface area contributed by atoms with Crippen molar-refractivity contribution in [2.75, 3.05) is 11.9 Å². The van der Waals surface area contributed by atoms with Gasteiger partial charge in [0.05, 0.1) is 40.6 Å². The molecule has 2 fully saturated rings. The number of aromatic nitrogens is 8. The van der Waals surface area contributed by atoms with Crippen LogP contribution in [0.2, 0.25) is 0 Å². The maximum atomic E-state index is 12.6. The first-order chi connectivity index (χ1) is 20.3. The first-order valence-corrected chi connectivity index (χ1v) is 15.9. The molecule has 7 rings (SSSR count). The molecule has 12 nitrogen and oxygen atoms in total. The highest BCUT2D eigenvalue weighted by molar-refractivity contribution is 7.90. The standard InChI is InChI=1S/C29H33N9O3S/c1-18(2)36-17-23(28-19(3)13-33-38(28)27-6-4-5-11-41-27)22-15-31-26(12-24(22)36)34-25-9-10-30-29(35-25)20-14-32-37(16-20)42(39,40)21-7-8-21/h9-10,12-18,21,27H,4-8,11H2,1-3H3,(H,30,31,34,35). The van der Waals surface area contributed by atoms with Crippen molar-refractivity contribution in [3.63, 3.8) is 0 Å². The smallest absolute Gasteiger partial charge is 0.256 e. The minimum atomic E-state index is -3.46. The van der Waals surface area contributed by atoms with Crippen LogP contribution in [0.5, 0.6) is 0 Å². The lowest BCUT2D eigenvalue weighted by atomic mass is 10.1. The molecule has 0 radical (unpaired) electrons. The molecule has 1 unspecified atom stereocenters. The van der Waals surface area contributed by atoms with Gasteiger partial charge in [-0.2, -0.15) is 14.3 Å². The van der Waals surface area contributed by atoms with Gasteiger partial charge in [-0.15, -0.1) is 0 Å². The zero-order chi connectivity index (χ0) is 29.0. The topological polar surface area (TPSA) is 135 Å². The van der Waals surface area contributed by atoms with Crippen LogP contribution in [0.1, 0.15) is 63.8 Å². The van der Waals surface area contributed by atoms with Crippen LogP contribution in [-0.2, 0) is 14.8 Å². The van der Waals surface area contributed by atoms with E-state index in [2.05, 4.69) is 51.9 Å². The molecule has 2 aliphatic rings. The number of anilines is 2. The van der Waals surface area contributed by atoms with E-state index >= 15 is 0 Å². The maximum absolute atomic E-state index is 12.6. The van der Waals surface area contributed by atoms with E-state index in [1.165, 1.54) is 12.4 Å². The van der Waals surface area contributed by atoms with Gasteiger partial charge in [-0.1, -0.05) is 0 Å². The maximum Gasteiger partial charge on any atom is 0.256 e. The van der Waals surface area contributed by atoms with Gasteiger partial charge in [-0.3, -0.25) is 0 Å². The van der Waals surface area contributed by atoms with E-state index in [9.17, 15) is 8.42 Å². The van der Waals surface area contributed by atoms with Gasteiger partial charge in [0.25, 0.3) is 10.0 Å². The minimum Gasteiger partial charge on any atom is -0.356 e. The predicted octanol–water partition coefficient (Wildman–Crippen LogP) is 5.23. The van der Waals surface area contributed by atoms with Crippen LogP contribution in [0, 0.1) is 6.92 Å². The Labute approximate surface area is 243 Å². The number of nitrogens with one attached hydrogen (secondary N) is 1. The Hall–Kier alpha value is -4.10. The summed E-state index contributed by atoms with van der Waals surface area (Å²) in [6.45, 7) is 7.15. The summed E-state index contributed by atoms with van der Waals surface area (Å²) in [4.78, 5) is 13.7. The van der Waals surface area contributed by atoms with Crippen LogP contribution >= 0.6 is 0 Å². The molecule has 42 heavy (non-hydrogen) atoms. The van der Waals surface area contributed by atoms with Crippen molar-refractivity contribution in [3.8, 4) is 22.6 Å². The normalized spacial score (nSPS) is 17.8. The second kappa shape index (κ2) is 10.3. The highest BCUT2D eigenvalue weighted by Crippen LogP contribution is 2.38. The minimum absolute atomic E-state index is 0.0679. The molecule has 1 aliphatic heterocycles. The highest BCUT2D eigenvalue weighted by Gasteiger charge is 2.37. The Bertz CT molecular complexity index is 1880. The number of hydrogen-bond donors (Lipinski definition) is 1. The molecule has 218 valence electrons. The van der Waals surface area contributed by atoms with Crippen LogP contribution < -0.4 is 5.32 Å². The molecule has 1 aliphatic carbocycles. The fourth-order valence-electron chi connectivity index (χ4n) is 5.52. The average Bonchev–Trinajstić information content (AvgIpc) is 3.44. The van der Waals surface area contributed by atoms with Gasteiger partial charge in [0.1, 0.15) is 11.6 Å². The van der Waals surface area contributed by atoms with Crippen LogP contribution in [0.4, 0.5) is 11.6 Å². The van der Waals surface area contributed by atoms with Crippen LogP contribution in [0.25, 0.3) is 33.5 Å². The molecule has 0 bridgehead atoms. The number of ether oxygens (including phenoxy) is 1. The van der Waals surface area contributed by atoms with Crippen molar-refractivity contribution in [1.82, 2.24) is 38.5 Å². The molecule has 0 aromatic carbocycles. The van der Waals surface area contributed by atoms with E-state index in [0.717, 1.165) is 57.7 Å². The summed E-state index contributed by atoms with van der Waals surface area (Å²) < 4.78 is 36.5. The van der Waals surface area contributed by atoms with E-state index in [0.29, 0.717) is 35.9 Å². The van der Waals surface area contributed by atoms with Gasteiger partial charge >= 0.3 is 0 Å². The number of fused-ring (bicyclic) bond motifs is 1. The lowest BCUT2D eigenvalue weighted by Gasteiger charge is -2.24. The lowest BCUT2D eigenvalue weighted by Crippen LogP contribution is -2.20. The summed E-state index contributed by atoms with van der Waals surface area (Å²) in [5.41, 5.74) is 4.78. The Kier molecular flexibility index (Phi) is 6.58. The van der Waals surface area contributed by atoms with E-state index in [1.807, 2.05) is 23.1 Å². The number of aryl methyl sites for hydroxylation is 1. The van der Waals surface area contributed by atoms with E-state index < -0.39 is 10.0 Å². The van der Waals surface area contributed by atoms with Crippen LogP contribution in [0.3, 0.4) is 0 Å². The summed E-state index contributed by atoms with van der Waals surface area (Å²) in [7, 11) is -3.46. The van der Waals surface area contributed by atoms with Gasteiger partial charge in [0.15, 0.2) is 12.1 Å². The largest absolute Gasteiger partial charge is 0.356 e. The van der Waals surface area contributed by atoms with Gasteiger partial charge in [0.2, 0.25) is 0 Å². The van der Waals surface area contributed by atoms with Crippen molar-refractivity contribution in [3.05, 3.63) is 54.9 Å². The van der Waals surface area contributed by atoms with Gasteiger partial charge in [-0.05, 0) is 64.5 Å². The first kappa shape index (κ1) is 26.8. The Morgan fingerprint density at radius 1 is 1.02 bits per heavy atom. The number of nitrogens with zero attached hydrogens (tertiary/aromatic N) is 8. The van der Waals surface area contributed by atoms with Crippen molar-refractivity contribution >= 4 is 32.6 Å². The van der Waals surface area contributed by atoms with Gasteiger partial charge < -0.3 is 14.6 Å². The number of rotatable bonds is 8. The summed E-state index contributed by atoms with van der Waals surface area (Å²) in [6, 6.07) is 3.99. The second-order valence-electron chi connectivity index (χ2n) is 11.3. The average molecular weight is 588 g/mol. The molecule has 0 spiro atoms. The lowest BCUT2D eigenvalue weighted by molar-refractivity contribution is -0.0383. The molecule has 1 saturated carbocycles. The molecule has 1 atom stereocenters. The van der Waals surface area contributed by atoms with E-state index in [1.54, 1.807) is 12.3 Å². The summed E-state index contributed by atoms with van der Waals surface area (Å²) in [5, 5.41) is 12.7. The van der Waals surface area contributed by atoms with E-state index in [-0.39, 0.29) is 17.5 Å². The van der Waals surface area contributed by atoms with E-state index in [4.69, 9.17) is 14.8 Å². The first-order valence-electron chi connectivity index (χ1n) is 14.4. The summed E-state index contributed by atoms with van der Waals surface area (Å²) in [6.07, 6.45) is 15.0. The van der Waals surface area contributed by atoms with Crippen molar-refractivity contribution in [1.29, 1.82) is 0 Å². The van der Waals surface area contributed by atoms with Gasteiger partial charge in [-0.25, -0.2) is 28.1 Å². The number of hydrogen-bond acceptors (Lipinski definition) is 9. The Morgan fingerprint density at radius 2 is 1.88 bits per heavy atom. The Balaban J connectivity index is 1.21. The molecular formula is C29H33N9O3S. The molecular weight excluding hydrogens is 554 g/mol. The predicted molar refractivity (Wildman–Crippen MR) is 159 cm³/mol. The fraction of sp³-hybridized carbons (Fsp3) is 0.414. The third-order valence-corrected chi connectivity index (χ3v) is 9.91. The quantitative estimate of drug-likeness (QED) is 0.259. The number of pyridine rings is 1. The van der Waals surface area contributed by atoms with Crippen molar-refractivity contribution < 1.29 is 13.2 Å². The third-order valence-electron chi connectivity index (χ3n) is 7.87. The molecule has 13 heteroatoms.